The second-order valence-electron chi connectivity index (χ2n) is 21.6. The van der Waals surface area contributed by atoms with Crippen molar-refractivity contribution in [1.29, 1.82) is 0 Å². The van der Waals surface area contributed by atoms with Gasteiger partial charge in [-0.05, 0) is 112 Å². The van der Waals surface area contributed by atoms with Gasteiger partial charge in [-0.15, -0.1) is 0 Å². The van der Waals surface area contributed by atoms with Gasteiger partial charge in [0, 0.05) is 75.5 Å². The van der Waals surface area contributed by atoms with Crippen molar-refractivity contribution in [1.82, 2.24) is 19.6 Å². The number of methoxy groups -OCH3 is 1. The standard InChI is InChI=1S/C54H66FN7O10S/c1-32(2)37-9-6-7-10-38(37)39-11-8-12-44(39)61-30-54(31-61)19-21-60(22-20-54)35-13-14-40(46(23-35)72-48-26-41-42(55)27-56-50(41)58-52(48)71-28-33(3)69-5)51(63)59-73(67,68)36-24-45(62(65)66)49-47(25-36)70-29-43(57-49)34-15-17-53(4,64)18-16-34/h6-7,9-10,13-14,23-27,32-34,39,43-44,57,64H,8,11-12,15-22,28-31H2,1-5H3,(H,56,58)(H,59,63)/t33?,34?,39-,43-,44?,53?/m1/s1. The summed E-state index contributed by atoms with van der Waals surface area (Å²) in [6, 6.07) is 17.5. The van der Waals surface area contributed by atoms with E-state index in [-0.39, 0.29) is 82.1 Å². The van der Waals surface area contributed by atoms with E-state index in [9.17, 15) is 28.4 Å². The Morgan fingerprint density at radius 2 is 1.78 bits per heavy atom. The number of nitro groups is 1. The zero-order chi connectivity index (χ0) is 51.4. The topological polar surface area (TPSA) is 211 Å². The molecule has 4 atom stereocenters. The highest BCUT2D eigenvalue weighted by atomic mass is 32.2. The van der Waals surface area contributed by atoms with Crippen LogP contribution in [-0.2, 0) is 14.8 Å². The quantitative estimate of drug-likeness (QED) is 0.0569. The van der Waals surface area contributed by atoms with E-state index < -0.39 is 42.9 Å². The molecule has 73 heavy (non-hydrogen) atoms. The summed E-state index contributed by atoms with van der Waals surface area (Å²) in [5.74, 6) is -0.777. The van der Waals surface area contributed by atoms with Crippen LogP contribution < -0.4 is 29.1 Å². The van der Waals surface area contributed by atoms with Gasteiger partial charge >= 0.3 is 0 Å². The number of rotatable bonds is 15. The molecule has 390 valence electrons. The SMILES string of the molecule is COC(C)COc1nc2[nH]cc(F)c2cc1Oc1cc(N2CCC3(CC2)CN(C2CCC[C@@H]2c2ccccc2C(C)C)C3)ccc1C(=O)NS(=O)(=O)c1cc2c(c([N+](=O)[O-])c1)N[C@@H](C1CCC(C)(O)CC1)CO2. The summed E-state index contributed by atoms with van der Waals surface area (Å²) in [4.78, 5) is 37.8. The molecular weight excluding hydrogens is 958 g/mol. The van der Waals surface area contributed by atoms with E-state index in [0.717, 1.165) is 63.0 Å². The van der Waals surface area contributed by atoms with Gasteiger partial charge in [0.1, 0.15) is 30.4 Å². The lowest BCUT2D eigenvalue weighted by atomic mass is 9.70. The number of hydrogen-bond acceptors (Lipinski definition) is 14. The molecule has 4 fully saturated rings. The highest BCUT2D eigenvalue weighted by molar-refractivity contribution is 7.90. The zero-order valence-electron chi connectivity index (χ0n) is 42.1. The fourth-order valence-electron chi connectivity index (χ4n) is 11.9. The highest BCUT2D eigenvalue weighted by Gasteiger charge is 2.49. The molecule has 5 aromatic rings. The number of likely N-dealkylation sites (tertiary alicyclic amines) is 1. The minimum atomic E-state index is -4.78. The number of piperidine rings is 1. The number of benzene rings is 3. The summed E-state index contributed by atoms with van der Waals surface area (Å²) in [5, 5.41) is 26.3. The lowest BCUT2D eigenvalue weighted by Crippen LogP contribution is -2.63. The lowest BCUT2D eigenvalue weighted by Gasteiger charge is -2.57. The number of aromatic nitrogens is 2. The number of halogens is 1. The van der Waals surface area contributed by atoms with Gasteiger partial charge in [-0.2, -0.15) is 4.98 Å². The van der Waals surface area contributed by atoms with Crippen LogP contribution in [0.25, 0.3) is 11.0 Å². The maximum absolute atomic E-state index is 15.1. The Kier molecular flexibility index (Phi) is 13.8. The molecule has 4 N–H and O–H groups in total. The number of anilines is 2. The van der Waals surface area contributed by atoms with Gasteiger partial charge < -0.3 is 39.3 Å². The number of pyridine rings is 1. The van der Waals surface area contributed by atoms with Crippen molar-refractivity contribution >= 4 is 44.0 Å². The molecular formula is C54H66FN7O10S. The number of nitrogens with zero attached hydrogens (tertiary/aromatic N) is 4. The second-order valence-corrected chi connectivity index (χ2v) is 23.3. The number of carbonyl (C=O) groups is 1. The first-order valence-electron chi connectivity index (χ1n) is 25.6. The third-order valence-corrected chi connectivity index (χ3v) is 17.6. The average Bonchev–Trinajstić information content (AvgIpc) is 4.00. The van der Waals surface area contributed by atoms with Crippen LogP contribution in [0.15, 0.2) is 71.8 Å². The molecule has 5 heterocycles. The van der Waals surface area contributed by atoms with Gasteiger partial charge in [-0.3, -0.25) is 19.8 Å². The number of nitrogens with one attached hydrogen (secondary N) is 3. The predicted octanol–water partition coefficient (Wildman–Crippen LogP) is 9.41. The molecule has 19 heteroatoms. The molecule has 2 saturated carbocycles. The van der Waals surface area contributed by atoms with Crippen LogP contribution in [0, 0.1) is 27.3 Å². The maximum Gasteiger partial charge on any atom is 0.297 e. The van der Waals surface area contributed by atoms with E-state index >= 15 is 4.39 Å². The first-order valence-corrected chi connectivity index (χ1v) is 27.1. The van der Waals surface area contributed by atoms with Crippen molar-refractivity contribution < 1.29 is 46.6 Å². The van der Waals surface area contributed by atoms with E-state index in [0.29, 0.717) is 43.6 Å². The summed E-state index contributed by atoms with van der Waals surface area (Å²) in [7, 11) is -3.25. The minimum absolute atomic E-state index is 0.0261. The van der Waals surface area contributed by atoms with E-state index in [2.05, 4.69) is 67.9 Å². The largest absolute Gasteiger partial charge is 0.489 e. The van der Waals surface area contributed by atoms with Gasteiger partial charge in [0.15, 0.2) is 17.2 Å². The average molecular weight is 1020 g/mol. The van der Waals surface area contributed by atoms with Crippen molar-refractivity contribution in [3.8, 4) is 23.1 Å². The number of hydrogen-bond donors (Lipinski definition) is 4. The Morgan fingerprint density at radius 1 is 1.03 bits per heavy atom. The third-order valence-electron chi connectivity index (χ3n) is 16.3. The highest BCUT2D eigenvalue weighted by Crippen LogP contribution is 2.50. The number of aromatic amines is 1. The van der Waals surface area contributed by atoms with E-state index in [1.807, 2.05) is 0 Å². The number of sulfonamides is 1. The smallest absolute Gasteiger partial charge is 0.297 e. The Hall–Kier alpha value is -6.02. The molecule has 2 aliphatic carbocycles. The molecule has 0 bridgehead atoms. The van der Waals surface area contributed by atoms with Crippen molar-refractivity contribution in [3.05, 3.63) is 99.5 Å². The number of nitro benzene ring substituents is 1. The third kappa shape index (κ3) is 10.3. The van der Waals surface area contributed by atoms with E-state index in [1.54, 1.807) is 26.0 Å². The monoisotopic (exact) mass is 1020 g/mol. The molecule has 10 rings (SSSR count). The number of fused-ring (bicyclic) bond motifs is 2. The van der Waals surface area contributed by atoms with Crippen LogP contribution in [0.4, 0.5) is 21.5 Å². The molecule has 5 aliphatic rings. The summed E-state index contributed by atoms with van der Waals surface area (Å²) in [5.41, 5.74) is 2.60. The fourth-order valence-corrected chi connectivity index (χ4v) is 12.9. The molecule has 17 nitrogen and oxygen atoms in total. The Balaban J connectivity index is 0.904. The lowest BCUT2D eigenvalue weighted by molar-refractivity contribution is -0.384. The van der Waals surface area contributed by atoms with Gasteiger partial charge in [-0.1, -0.05) is 44.5 Å². The minimum Gasteiger partial charge on any atom is -0.489 e. The number of H-pyrrole nitrogens is 1. The first-order chi connectivity index (χ1) is 34.9. The summed E-state index contributed by atoms with van der Waals surface area (Å²) >= 11 is 0. The van der Waals surface area contributed by atoms with Crippen molar-refractivity contribution in [2.24, 2.45) is 11.3 Å². The normalized spacial score (nSPS) is 24.4. The molecule has 1 spiro atoms. The van der Waals surface area contributed by atoms with Crippen LogP contribution >= 0.6 is 0 Å². The molecule has 2 saturated heterocycles. The zero-order valence-corrected chi connectivity index (χ0v) is 42.9. The number of ether oxygens (including phenoxy) is 4. The van der Waals surface area contributed by atoms with Crippen LogP contribution in [-0.4, -0.2) is 110 Å². The van der Waals surface area contributed by atoms with E-state index in [1.165, 1.54) is 49.6 Å². The number of aliphatic hydroxyl groups is 1. The van der Waals surface area contributed by atoms with Gasteiger partial charge in [-0.25, -0.2) is 17.5 Å². The molecule has 0 radical (unpaired) electrons. The Bertz CT molecular complexity index is 2990. The predicted molar refractivity (Wildman–Crippen MR) is 274 cm³/mol. The van der Waals surface area contributed by atoms with Gasteiger partial charge in [0.05, 0.1) is 38.5 Å². The number of carbonyl (C=O) groups excluding carboxylic acids is 1. The second kappa shape index (κ2) is 20.0. The van der Waals surface area contributed by atoms with Crippen LogP contribution in [0.5, 0.6) is 23.1 Å². The Labute approximate surface area is 425 Å². The maximum atomic E-state index is 15.1. The molecule has 2 unspecified atom stereocenters. The van der Waals surface area contributed by atoms with Crippen LogP contribution in [0.3, 0.4) is 0 Å². The Morgan fingerprint density at radius 3 is 2.51 bits per heavy atom. The van der Waals surface area contributed by atoms with Crippen LogP contribution in [0.2, 0.25) is 0 Å². The molecule has 2 aromatic heterocycles. The van der Waals surface area contributed by atoms with Crippen molar-refractivity contribution in [2.45, 2.75) is 126 Å². The van der Waals surface area contributed by atoms with Crippen LogP contribution in [0.1, 0.15) is 119 Å². The van der Waals surface area contributed by atoms with Gasteiger partial charge in [0.25, 0.3) is 27.5 Å². The summed E-state index contributed by atoms with van der Waals surface area (Å²) in [6.45, 7) is 11.9. The number of amides is 1. The first kappa shape index (κ1) is 50.5. The summed E-state index contributed by atoms with van der Waals surface area (Å²) in [6.07, 6.45) is 8.87. The fraction of sp³-hybridized carbons (Fsp3) is 0.519. The molecule has 3 aromatic carbocycles. The van der Waals surface area contributed by atoms with E-state index in [4.69, 9.17) is 18.9 Å². The summed E-state index contributed by atoms with van der Waals surface area (Å²) < 4.78 is 69.4. The molecule has 3 aliphatic heterocycles. The van der Waals surface area contributed by atoms with Crippen molar-refractivity contribution in [2.75, 3.05) is 56.7 Å². The molecule has 1 amide bonds. The van der Waals surface area contributed by atoms with Crippen molar-refractivity contribution in [3.63, 3.8) is 0 Å². The van der Waals surface area contributed by atoms with Gasteiger partial charge in [0.2, 0.25) is 0 Å².